The molecule has 3 atom stereocenters. The molecule has 8 heteroatoms. The molecular formula is C27H33FN4O3. The molecule has 1 unspecified atom stereocenters. The van der Waals surface area contributed by atoms with Gasteiger partial charge in [0.2, 0.25) is 11.8 Å². The Balaban J connectivity index is 1.54. The topological polar surface area (TPSA) is 94.6 Å². The fraction of sp³-hybridized carbons (Fsp3) is 0.519. The van der Waals surface area contributed by atoms with Crippen LogP contribution >= 0.6 is 0 Å². The van der Waals surface area contributed by atoms with E-state index in [0.717, 1.165) is 44.9 Å². The minimum absolute atomic E-state index is 0.0489. The van der Waals surface area contributed by atoms with Crippen LogP contribution in [0.2, 0.25) is 0 Å². The minimum atomic E-state index is -1.01. The Bertz CT molecular complexity index is 1060. The summed E-state index contributed by atoms with van der Waals surface area (Å²) in [7, 11) is 0. The first kappa shape index (κ1) is 23.9. The fourth-order valence-corrected chi connectivity index (χ4v) is 5.35. The molecular weight excluding hydrogens is 447 g/mol. The third kappa shape index (κ3) is 5.38. The molecule has 2 saturated carbocycles. The van der Waals surface area contributed by atoms with E-state index in [2.05, 4.69) is 15.6 Å². The maximum absolute atomic E-state index is 15.1. The maximum atomic E-state index is 15.1. The lowest BCUT2D eigenvalue weighted by Gasteiger charge is -2.34. The molecule has 1 aliphatic heterocycles. The lowest BCUT2D eigenvalue weighted by Crippen LogP contribution is -2.51. The van der Waals surface area contributed by atoms with Gasteiger partial charge in [0.15, 0.2) is 0 Å². The van der Waals surface area contributed by atoms with Crippen LogP contribution in [0.25, 0.3) is 0 Å². The van der Waals surface area contributed by atoms with Crippen molar-refractivity contribution in [3.63, 3.8) is 0 Å². The highest BCUT2D eigenvalue weighted by Gasteiger charge is 2.40. The van der Waals surface area contributed by atoms with Crippen LogP contribution in [0.5, 0.6) is 0 Å². The van der Waals surface area contributed by atoms with E-state index in [1.165, 1.54) is 11.0 Å². The standard InChI is InChI=1S/C27H33FN4O3/c28-23-13-20(10-11-22(23)17-8-9-17)32(27(35)24-14-21(33)16-30-24)25(18-5-4-12-29-15-18)26(34)31-19-6-2-1-3-7-19/h4-5,10-13,15,17,19,21,24-25,30,33H,1-3,6-9,14,16H2,(H,31,34)/t21-,24-,25?/m1/s1. The number of aliphatic hydroxyl groups is 1. The van der Waals surface area contributed by atoms with Crippen molar-refractivity contribution in [1.29, 1.82) is 0 Å². The number of aromatic nitrogens is 1. The van der Waals surface area contributed by atoms with Gasteiger partial charge in [0.25, 0.3) is 0 Å². The molecule has 3 N–H and O–H groups in total. The van der Waals surface area contributed by atoms with E-state index in [4.69, 9.17) is 0 Å². The second-order valence-electron chi connectivity index (χ2n) is 10.1. The quantitative estimate of drug-likeness (QED) is 0.565. The Hall–Kier alpha value is -2.84. The van der Waals surface area contributed by atoms with Gasteiger partial charge in [-0.25, -0.2) is 4.39 Å². The zero-order chi connectivity index (χ0) is 24.4. The molecule has 3 aliphatic rings. The summed E-state index contributed by atoms with van der Waals surface area (Å²) in [6.45, 7) is 0.297. The van der Waals surface area contributed by atoms with Gasteiger partial charge in [-0.15, -0.1) is 0 Å². The summed E-state index contributed by atoms with van der Waals surface area (Å²) in [5.41, 5.74) is 1.53. The van der Waals surface area contributed by atoms with Crippen molar-refractivity contribution in [1.82, 2.24) is 15.6 Å². The molecule has 0 bridgehead atoms. The second kappa shape index (κ2) is 10.4. The molecule has 35 heavy (non-hydrogen) atoms. The van der Waals surface area contributed by atoms with E-state index in [0.29, 0.717) is 23.4 Å². The summed E-state index contributed by atoms with van der Waals surface area (Å²) in [6, 6.07) is 6.70. The lowest BCUT2D eigenvalue weighted by atomic mass is 9.94. The van der Waals surface area contributed by atoms with Crippen LogP contribution < -0.4 is 15.5 Å². The van der Waals surface area contributed by atoms with Crippen molar-refractivity contribution in [2.75, 3.05) is 11.4 Å². The van der Waals surface area contributed by atoms with Gasteiger partial charge in [-0.2, -0.15) is 0 Å². The predicted octanol–water partition coefficient (Wildman–Crippen LogP) is 3.34. The molecule has 5 rings (SSSR count). The first-order valence-electron chi connectivity index (χ1n) is 12.8. The minimum Gasteiger partial charge on any atom is -0.392 e. The number of anilines is 1. The molecule has 1 saturated heterocycles. The smallest absolute Gasteiger partial charge is 0.248 e. The van der Waals surface area contributed by atoms with Gasteiger partial charge in [0.05, 0.1) is 12.1 Å². The van der Waals surface area contributed by atoms with Gasteiger partial charge >= 0.3 is 0 Å². The average Bonchev–Trinajstić information content (AvgIpc) is 3.62. The molecule has 2 amide bonds. The zero-order valence-electron chi connectivity index (χ0n) is 19.8. The molecule has 2 heterocycles. The first-order chi connectivity index (χ1) is 17.0. The Labute approximate surface area is 205 Å². The van der Waals surface area contributed by atoms with Gasteiger partial charge in [-0.1, -0.05) is 31.4 Å². The van der Waals surface area contributed by atoms with Crippen molar-refractivity contribution >= 4 is 17.5 Å². The molecule has 1 aromatic heterocycles. The number of rotatable bonds is 7. The number of hydrogen-bond donors (Lipinski definition) is 3. The van der Waals surface area contributed by atoms with Gasteiger partial charge in [0, 0.05) is 36.2 Å². The average molecular weight is 481 g/mol. The lowest BCUT2D eigenvalue weighted by molar-refractivity contribution is -0.128. The number of nitrogens with one attached hydrogen (secondary N) is 2. The summed E-state index contributed by atoms with van der Waals surface area (Å²) >= 11 is 0. The molecule has 2 aliphatic carbocycles. The number of carbonyl (C=O) groups excluding carboxylic acids is 2. The normalized spacial score (nSPS) is 23.6. The number of nitrogens with zero attached hydrogens (tertiary/aromatic N) is 2. The number of β-amino-alcohol motifs (C(OH)–C–C–N with tert-alkyl or cyclic N) is 1. The highest BCUT2D eigenvalue weighted by Crippen LogP contribution is 2.42. The summed E-state index contributed by atoms with van der Waals surface area (Å²) in [5, 5.41) is 16.3. The van der Waals surface area contributed by atoms with Crippen LogP contribution in [0.3, 0.4) is 0 Å². The van der Waals surface area contributed by atoms with Crippen molar-refractivity contribution in [3.05, 3.63) is 59.7 Å². The number of hydrogen-bond acceptors (Lipinski definition) is 5. The van der Waals surface area contributed by atoms with E-state index < -0.39 is 18.2 Å². The highest BCUT2D eigenvalue weighted by atomic mass is 19.1. The number of halogens is 1. The van der Waals surface area contributed by atoms with Gasteiger partial charge in [-0.05, 0) is 61.8 Å². The van der Waals surface area contributed by atoms with Crippen molar-refractivity contribution in [2.45, 2.75) is 81.5 Å². The second-order valence-corrected chi connectivity index (χ2v) is 10.1. The monoisotopic (exact) mass is 480 g/mol. The molecule has 7 nitrogen and oxygen atoms in total. The largest absolute Gasteiger partial charge is 0.392 e. The van der Waals surface area contributed by atoms with Gasteiger partial charge in [0.1, 0.15) is 11.9 Å². The van der Waals surface area contributed by atoms with E-state index in [1.807, 2.05) is 0 Å². The SMILES string of the molecule is O=C(NC1CCCCC1)C(c1cccnc1)N(C(=O)[C@H]1C[C@@H](O)CN1)c1ccc(C2CC2)c(F)c1. The van der Waals surface area contributed by atoms with Crippen molar-refractivity contribution in [3.8, 4) is 0 Å². The maximum Gasteiger partial charge on any atom is 0.248 e. The van der Waals surface area contributed by atoms with Gasteiger partial charge in [-0.3, -0.25) is 19.5 Å². The van der Waals surface area contributed by atoms with Crippen LogP contribution in [0.4, 0.5) is 10.1 Å². The molecule has 3 fully saturated rings. The number of aliphatic hydroxyl groups excluding tert-OH is 1. The summed E-state index contributed by atoms with van der Waals surface area (Å²) < 4.78 is 15.1. The summed E-state index contributed by atoms with van der Waals surface area (Å²) in [6.07, 6.45) is 9.80. The van der Waals surface area contributed by atoms with Crippen molar-refractivity contribution < 1.29 is 19.1 Å². The van der Waals surface area contributed by atoms with Crippen LogP contribution in [0.1, 0.15) is 74.5 Å². The Kier molecular flexibility index (Phi) is 7.11. The predicted molar refractivity (Wildman–Crippen MR) is 130 cm³/mol. The van der Waals surface area contributed by atoms with E-state index >= 15 is 4.39 Å². The molecule has 1 aromatic carbocycles. The first-order valence-corrected chi connectivity index (χ1v) is 12.8. The zero-order valence-corrected chi connectivity index (χ0v) is 19.8. The number of pyridine rings is 1. The van der Waals surface area contributed by atoms with Crippen LogP contribution in [-0.2, 0) is 9.59 Å². The van der Waals surface area contributed by atoms with E-state index in [9.17, 15) is 14.7 Å². The van der Waals surface area contributed by atoms with Crippen molar-refractivity contribution in [2.24, 2.45) is 0 Å². The number of benzene rings is 1. The third-order valence-corrected chi connectivity index (χ3v) is 7.38. The molecule has 186 valence electrons. The number of amides is 2. The highest BCUT2D eigenvalue weighted by molar-refractivity contribution is 6.04. The van der Waals surface area contributed by atoms with Crippen LogP contribution in [0.15, 0.2) is 42.7 Å². The molecule has 0 radical (unpaired) electrons. The Morgan fingerprint density at radius 3 is 2.57 bits per heavy atom. The summed E-state index contributed by atoms with van der Waals surface area (Å²) in [4.78, 5) is 33.2. The summed E-state index contributed by atoms with van der Waals surface area (Å²) in [5.74, 6) is -0.806. The van der Waals surface area contributed by atoms with E-state index in [1.54, 1.807) is 36.7 Å². The van der Waals surface area contributed by atoms with Gasteiger partial charge < -0.3 is 15.7 Å². The van der Waals surface area contributed by atoms with E-state index in [-0.39, 0.29) is 36.0 Å². The van der Waals surface area contributed by atoms with Crippen LogP contribution in [0, 0.1) is 5.82 Å². The third-order valence-electron chi connectivity index (χ3n) is 7.38. The van der Waals surface area contributed by atoms with Crippen LogP contribution in [-0.4, -0.2) is 46.6 Å². The number of carbonyl (C=O) groups is 2. The Morgan fingerprint density at radius 2 is 1.94 bits per heavy atom. The Morgan fingerprint density at radius 1 is 1.14 bits per heavy atom. The fourth-order valence-electron chi connectivity index (χ4n) is 5.35. The molecule has 2 aromatic rings. The molecule has 0 spiro atoms.